The highest BCUT2D eigenvalue weighted by Crippen LogP contribution is 2.21. The van der Waals surface area contributed by atoms with Gasteiger partial charge in [0.05, 0.1) is 11.6 Å². The third-order valence-electron chi connectivity index (χ3n) is 4.14. The lowest BCUT2D eigenvalue weighted by Gasteiger charge is -2.16. The minimum absolute atomic E-state index is 0.492. The second-order valence-electron chi connectivity index (χ2n) is 5.93. The average molecular weight is 356 g/mol. The molecule has 3 nitrogen and oxygen atoms in total. The summed E-state index contributed by atoms with van der Waals surface area (Å²) in [6, 6.07) is 19.3. The van der Waals surface area contributed by atoms with Crippen LogP contribution in [-0.4, -0.2) is 30.3 Å². The summed E-state index contributed by atoms with van der Waals surface area (Å²) in [7, 11) is 0. The van der Waals surface area contributed by atoms with Crippen molar-refractivity contribution in [2.24, 2.45) is 0 Å². The third-order valence-corrected chi connectivity index (χ3v) is 5.83. The molecule has 0 bridgehead atoms. The number of hydrogen-bond acceptors (Lipinski definition) is 5. The maximum Gasteiger partial charge on any atom is 0.0992 e. The molecule has 1 atom stereocenters. The van der Waals surface area contributed by atoms with Crippen LogP contribution in [0.15, 0.2) is 58.3 Å². The van der Waals surface area contributed by atoms with Crippen LogP contribution in [-0.2, 0) is 6.54 Å². The molecule has 1 unspecified atom stereocenters. The van der Waals surface area contributed by atoms with E-state index in [-0.39, 0.29) is 0 Å². The summed E-state index contributed by atoms with van der Waals surface area (Å²) in [5.41, 5.74) is 2.09. The van der Waals surface area contributed by atoms with E-state index < -0.39 is 0 Å². The largest absolute Gasteiger partial charge is 0.297 e. The fraction of sp³-hybridized carbons (Fsp3) is 0.316. The van der Waals surface area contributed by atoms with Gasteiger partial charge in [-0.15, -0.1) is 11.8 Å². The standard InChI is InChI=1S/C19H21N3S2/c1-23-18-7-5-15(6-8-18)13-22-10-9-17(14-22)21-24-19-4-2-3-16(11-19)12-20/h2-8,11,17,21H,9-10,13-14H2,1H3. The van der Waals surface area contributed by atoms with E-state index in [2.05, 4.69) is 46.2 Å². The molecular weight excluding hydrogens is 334 g/mol. The van der Waals surface area contributed by atoms with Crippen molar-refractivity contribution in [1.82, 2.24) is 9.62 Å². The van der Waals surface area contributed by atoms with Crippen molar-refractivity contribution in [3.05, 3.63) is 59.7 Å². The first-order valence-electron chi connectivity index (χ1n) is 8.04. The highest BCUT2D eigenvalue weighted by atomic mass is 32.2. The van der Waals surface area contributed by atoms with E-state index in [1.807, 2.05) is 24.3 Å². The Morgan fingerprint density at radius 2 is 2.04 bits per heavy atom. The quantitative estimate of drug-likeness (QED) is 0.622. The number of hydrogen-bond donors (Lipinski definition) is 1. The molecule has 0 aromatic heterocycles. The van der Waals surface area contributed by atoms with Gasteiger partial charge in [-0.2, -0.15) is 5.26 Å². The van der Waals surface area contributed by atoms with Gasteiger partial charge in [0.1, 0.15) is 0 Å². The van der Waals surface area contributed by atoms with Crippen molar-refractivity contribution in [3.8, 4) is 6.07 Å². The van der Waals surface area contributed by atoms with E-state index in [0.29, 0.717) is 11.6 Å². The molecule has 1 fully saturated rings. The second kappa shape index (κ2) is 8.59. The molecule has 0 amide bonds. The number of thioether (sulfide) groups is 1. The summed E-state index contributed by atoms with van der Waals surface area (Å²) >= 11 is 3.41. The van der Waals surface area contributed by atoms with Crippen LogP contribution in [0.1, 0.15) is 17.5 Å². The molecule has 0 aliphatic carbocycles. The van der Waals surface area contributed by atoms with E-state index in [0.717, 1.165) is 31.0 Å². The first-order chi connectivity index (χ1) is 11.8. The van der Waals surface area contributed by atoms with Gasteiger partial charge < -0.3 is 0 Å². The summed E-state index contributed by atoms with van der Waals surface area (Å²) in [6.07, 6.45) is 3.27. The SMILES string of the molecule is CSc1ccc(CN2CCC(NSc3cccc(C#N)c3)C2)cc1. The van der Waals surface area contributed by atoms with Gasteiger partial charge in [0.15, 0.2) is 0 Å². The topological polar surface area (TPSA) is 39.1 Å². The lowest BCUT2D eigenvalue weighted by atomic mass is 10.2. The molecule has 2 aromatic carbocycles. The summed E-state index contributed by atoms with van der Waals surface area (Å²) in [5, 5.41) is 8.96. The predicted octanol–water partition coefficient (Wildman–Crippen LogP) is 4.15. The predicted molar refractivity (Wildman–Crippen MR) is 102 cm³/mol. The van der Waals surface area contributed by atoms with Crippen LogP contribution in [0, 0.1) is 11.3 Å². The Morgan fingerprint density at radius 1 is 1.21 bits per heavy atom. The molecule has 5 heteroatoms. The molecule has 1 heterocycles. The average Bonchev–Trinajstić information content (AvgIpc) is 3.08. The van der Waals surface area contributed by atoms with Crippen molar-refractivity contribution in [1.29, 1.82) is 5.26 Å². The zero-order valence-corrected chi connectivity index (χ0v) is 15.4. The highest BCUT2D eigenvalue weighted by molar-refractivity contribution is 7.98. The van der Waals surface area contributed by atoms with Crippen LogP contribution in [0.4, 0.5) is 0 Å². The Labute approximate surface area is 152 Å². The van der Waals surface area contributed by atoms with Crippen LogP contribution >= 0.6 is 23.7 Å². The van der Waals surface area contributed by atoms with Gasteiger partial charge in [-0.25, -0.2) is 0 Å². The van der Waals surface area contributed by atoms with Gasteiger partial charge in [-0.1, -0.05) is 18.2 Å². The van der Waals surface area contributed by atoms with Gasteiger partial charge in [0.25, 0.3) is 0 Å². The maximum atomic E-state index is 8.96. The number of likely N-dealkylation sites (tertiary alicyclic amines) is 1. The highest BCUT2D eigenvalue weighted by Gasteiger charge is 2.22. The van der Waals surface area contributed by atoms with Gasteiger partial charge in [-0.3, -0.25) is 9.62 Å². The van der Waals surface area contributed by atoms with Crippen molar-refractivity contribution in [3.63, 3.8) is 0 Å². The smallest absolute Gasteiger partial charge is 0.0992 e. The van der Waals surface area contributed by atoms with Gasteiger partial charge >= 0.3 is 0 Å². The molecule has 0 radical (unpaired) electrons. The maximum absolute atomic E-state index is 8.96. The summed E-state index contributed by atoms with van der Waals surface area (Å²) < 4.78 is 3.55. The molecule has 1 saturated heterocycles. The fourth-order valence-corrected chi connectivity index (χ4v) is 4.08. The van der Waals surface area contributed by atoms with Crippen molar-refractivity contribution in [2.45, 2.75) is 28.8 Å². The first-order valence-corrected chi connectivity index (χ1v) is 10.1. The molecule has 3 rings (SSSR count). The summed E-state index contributed by atoms with van der Waals surface area (Å²) in [4.78, 5) is 4.91. The number of nitrogens with zero attached hydrogens (tertiary/aromatic N) is 2. The molecule has 2 aromatic rings. The summed E-state index contributed by atoms with van der Waals surface area (Å²) in [6.45, 7) is 3.21. The van der Waals surface area contributed by atoms with Crippen molar-refractivity contribution in [2.75, 3.05) is 19.3 Å². The minimum atomic E-state index is 0.492. The molecule has 0 saturated carbocycles. The Kier molecular flexibility index (Phi) is 6.22. The Balaban J connectivity index is 1.47. The van der Waals surface area contributed by atoms with Crippen molar-refractivity contribution >= 4 is 23.7 Å². The van der Waals surface area contributed by atoms with Gasteiger partial charge in [0, 0.05) is 35.5 Å². The van der Waals surface area contributed by atoms with Crippen LogP contribution in [0.25, 0.3) is 0 Å². The monoisotopic (exact) mass is 355 g/mol. The number of benzene rings is 2. The molecule has 124 valence electrons. The van der Waals surface area contributed by atoms with Crippen molar-refractivity contribution < 1.29 is 0 Å². The molecule has 1 aliphatic heterocycles. The lowest BCUT2D eigenvalue weighted by molar-refractivity contribution is 0.325. The number of nitriles is 1. The van der Waals surface area contributed by atoms with E-state index >= 15 is 0 Å². The Hall–Kier alpha value is -1.45. The van der Waals surface area contributed by atoms with Gasteiger partial charge in [-0.05, 0) is 60.5 Å². The molecule has 1 N–H and O–H groups in total. The van der Waals surface area contributed by atoms with Gasteiger partial charge in [0.2, 0.25) is 0 Å². The second-order valence-corrected chi connectivity index (χ2v) is 7.72. The van der Waals surface area contributed by atoms with Crippen LogP contribution in [0.3, 0.4) is 0 Å². The van der Waals surface area contributed by atoms with E-state index in [1.165, 1.54) is 10.5 Å². The lowest BCUT2D eigenvalue weighted by Crippen LogP contribution is -2.28. The summed E-state index contributed by atoms with van der Waals surface area (Å²) in [5.74, 6) is 0. The molecular formula is C19H21N3S2. The normalized spacial score (nSPS) is 17.8. The number of rotatable bonds is 6. The van der Waals surface area contributed by atoms with Crippen LogP contribution in [0.5, 0.6) is 0 Å². The van der Waals surface area contributed by atoms with E-state index in [4.69, 9.17) is 5.26 Å². The Bertz CT molecular complexity index is 709. The Morgan fingerprint density at radius 3 is 2.79 bits per heavy atom. The minimum Gasteiger partial charge on any atom is -0.297 e. The zero-order chi connectivity index (χ0) is 16.8. The molecule has 24 heavy (non-hydrogen) atoms. The number of nitrogens with one attached hydrogen (secondary N) is 1. The van der Waals surface area contributed by atoms with Crippen LogP contribution < -0.4 is 4.72 Å². The van der Waals surface area contributed by atoms with Crippen LogP contribution in [0.2, 0.25) is 0 Å². The van der Waals surface area contributed by atoms with E-state index in [1.54, 1.807) is 23.7 Å². The molecule has 1 aliphatic rings. The molecule has 0 spiro atoms. The fourth-order valence-electron chi connectivity index (χ4n) is 2.84. The first kappa shape index (κ1) is 17.4. The zero-order valence-electron chi connectivity index (χ0n) is 13.7. The van der Waals surface area contributed by atoms with E-state index in [9.17, 15) is 0 Å². The third kappa shape index (κ3) is 4.78.